The Kier molecular flexibility index (Phi) is 7.62. The van der Waals surface area contributed by atoms with Gasteiger partial charge in [0, 0.05) is 35.5 Å². The summed E-state index contributed by atoms with van der Waals surface area (Å²) in [4.78, 5) is 34.0. The summed E-state index contributed by atoms with van der Waals surface area (Å²) in [5, 5.41) is 4.69. The minimum absolute atomic E-state index is 0.124. The van der Waals surface area contributed by atoms with Gasteiger partial charge in [0.15, 0.2) is 0 Å². The van der Waals surface area contributed by atoms with Crippen LogP contribution < -0.4 is 20.9 Å². The van der Waals surface area contributed by atoms with Crippen molar-refractivity contribution in [2.75, 3.05) is 25.5 Å². The molecule has 3 aliphatic heterocycles. The van der Waals surface area contributed by atoms with Gasteiger partial charge in [0.05, 0.1) is 30.0 Å². The minimum atomic E-state index is -0.432. The van der Waals surface area contributed by atoms with E-state index in [9.17, 15) is 9.59 Å². The summed E-state index contributed by atoms with van der Waals surface area (Å²) in [6.45, 7) is 10.2. The number of piperidine rings is 3. The minimum Gasteiger partial charge on any atom is -0.497 e. The van der Waals surface area contributed by atoms with Gasteiger partial charge < -0.3 is 10.1 Å². The van der Waals surface area contributed by atoms with E-state index in [1.807, 2.05) is 36.4 Å². The first-order valence-electron chi connectivity index (χ1n) is 15.9. The van der Waals surface area contributed by atoms with Crippen LogP contribution in [0, 0.1) is 25.7 Å². The standard InChI is InChI=1S/C39H39N3O3/c1-5-26-22-42-14-13-28(26)19-35(42)36(41-37-32(38(43)39(37)44)18-25-16-23(2)15-24(3)17-25)31-21-34(27-9-7-6-8-10-27)40-33-12-11-29(45-4)20-30(31)33/h5-12,15-17,20-21,26,28,35-36,41H,1,13-14,18-19,22H2,2-4H3/t26?,28?,35?,36-/m0/s1. The van der Waals surface area contributed by atoms with Crippen LogP contribution in [-0.4, -0.2) is 36.1 Å². The average Bonchev–Trinajstić information content (AvgIpc) is 3.07. The molecule has 0 radical (unpaired) electrons. The van der Waals surface area contributed by atoms with Crippen molar-refractivity contribution in [2.24, 2.45) is 11.8 Å². The third-order valence-corrected chi connectivity index (χ3v) is 9.96. The van der Waals surface area contributed by atoms with E-state index in [1.165, 1.54) is 0 Å². The monoisotopic (exact) mass is 597 g/mol. The first kappa shape index (κ1) is 29.2. The number of hydrogen-bond donors (Lipinski definition) is 1. The fraction of sp³-hybridized carbons (Fsp3) is 0.308. The molecular weight excluding hydrogens is 558 g/mol. The van der Waals surface area contributed by atoms with Gasteiger partial charge in [0.25, 0.3) is 0 Å². The fourth-order valence-electron chi connectivity index (χ4n) is 7.77. The van der Waals surface area contributed by atoms with Gasteiger partial charge in [0.1, 0.15) is 5.75 Å². The van der Waals surface area contributed by atoms with Crippen LogP contribution >= 0.6 is 0 Å². The van der Waals surface area contributed by atoms with Crippen LogP contribution in [0.4, 0.5) is 5.69 Å². The maximum atomic E-state index is 13.3. The van der Waals surface area contributed by atoms with Crippen LogP contribution in [0.15, 0.2) is 95.0 Å². The molecule has 5 atom stereocenters. The second kappa shape index (κ2) is 11.8. The molecule has 0 amide bonds. The van der Waals surface area contributed by atoms with E-state index in [1.54, 1.807) is 7.11 Å². The lowest BCUT2D eigenvalue weighted by atomic mass is 9.72. The lowest BCUT2D eigenvalue weighted by Crippen LogP contribution is -2.56. The normalized spacial score (nSPS) is 21.6. The predicted octanol–water partition coefficient (Wildman–Crippen LogP) is 6.76. The maximum Gasteiger partial charge on any atom is 0.249 e. The van der Waals surface area contributed by atoms with E-state index in [2.05, 4.69) is 73.1 Å². The highest BCUT2D eigenvalue weighted by atomic mass is 16.5. The lowest BCUT2D eigenvalue weighted by molar-refractivity contribution is 0.0105. The summed E-state index contributed by atoms with van der Waals surface area (Å²) in [6.07, 6.45) is 4.65. The van der Waals surface area contributed by atoms with Crippen molar-refractivity contribution < 1.29 is 4.74 Å². The van der Waals surface area contributed by atoms with Crippen molar-refractivity contribution >= 4 is 16.6 Å². The Balaban J connectivity index is 1.38. The molecule has 0 aliphatic carbocycles. The Hall–Kier alpha value is -4.55. The summed E-state index contributed by atoms with van der Waals surface area (Å²) >= 11 is 0. The Labute approximate surface area is 264 Å². The van der Waals surface area contributed by atoms with Crippen LogP contribution in [0.2, 0.25) is 0 Å². The van der Waals surface area contributed by atoms with Crippen LogP contribution in [0.1, 0.15) is 46.7 Å². The van der Waals surface area contributed by atoms with Gasteiger partial charge in [0.2, 0.25) is 10.9 Å². The van der Waals surface area contributed by atoms with E-state index in [0.29, 0.717) is 29.5 Å². The number of aryl methyl sites for hydroxylation is 2. The second-order valence-electron chi connectivity index (χ2n) is 12.9. The molecule has 5 aromatic rings. The van der Waals surface area contributed by atoms with E-state index in [0.717, 1.165) is 76.1 Å². The van der Waals surface area contributed by atoms with Crippen LogP contribution in [0.5, 0.6) is 5.75 Å². The van der Waals surface area contributed by atoms with Crippen molar-refractivity contribution in [3.63, 3.8) is 0 Å². The van der Waals surface area contributed by atoms with Crippen LogP contribution in [0.3, 0.4) is 0 Å². The zero-order valence-electron chi connectivity index (χ0n) is 26.2. The topological polar surface area (TPSA) is 71.5 Å². The number of benzene rings is 3. The summed E-state index contributed by atoms with van der Waals surface area (Å²) in [5.41, 5.74) is 7.32. The second-order valence-corrected chi connectivity index (χ2v) is 12.9. The largest absolute Gasteiger partial charge is 0.497 e. The number of anilines is 1. The first-order valence-corrected chi connectivity index (χ1v) is 15.9. The lowest BCUT2D eigenvalue weighted by Gasteiger charge is -2.52. The number of fused-ring (bicyclic) bond motifs is 4. The molecule has 3 saturated heterocycles. The zero-order chi connectivity index (χ0) is 31.2. The summed E-state index contributed by atoms with van der Waals surface area (Å²) < 4.78 is 5.66. The highest BCUT2D eigenvalue weighted by molar-refractivity contribution is 5.87. The van der Waals surface area contributed by atoms with Gasteiger partial charge in [-0.05, 0) is 80.5 Å². The number of aromatic nitrogens is 1. The maximum absolute atomic E-state index is 13.3. The fourth-order valence-corrected chi connectivity index (χ4v) is 7.77. The highest BCUT2D eigenvalue weighted by Gasteiger charge is 2.43. The predicted molar refractivity (Wildman–Crippen MR) is 182 cm³/mol. The molecule has 228 valence electrons. The SMILES string of the molecule is C=CC1CN2CCC1CC2[C@@H](Nc1c(Cc2cc(C)cc(C)c2)c(=O)c1=O)c1cc(-c2ccccc2)nc2ccc(OC)cc12. The molecule has 4 unspecified atom stereocenters. The van der Waals surface area contributed by atoms with E-state index in [-0.39, 0.29) is 17.5 Å². The highest BCUT2D eigenvalue weighted by Crippen LogP contribution is 2.44. The molecule has 4 heterocycles. The van der Waals surface area contributed by atoms with E-state index < -0.39 is 5.43 Å². The average molecular weight is 598 g/mol. The third-order valence-electron chi connectivity index (χ3n) is 9.96. The van der Waals surface area contributed by atoms with Crippen molar-refractivity contribution in [1.29, 1.82) is 0 Å². The third kappa shape index (κ3) is 5.38. The molecule has 0 saturated carbocycles. The Morgan fingerprint density at radius 1 is 1.02 bits per heavy atom. The summed E-state index contributed by atoms with van der Waals surface area (Å²) in [6, 6.07) is 24.5. The Morgan fingerprint density at radius 2 is 1.80 bits per heavy atom. The van der Waals surface area contributed by atoms with E-state index >= 15 is 0 Å². The van der Waals surface area contributed by atoms with Crippen molar-refractivity contribution in [3.05, 3.63) is 134 Å². The quantitative estimate of drug-likeness (QED) is 0.150. The van der Waals surface area contributed by atoms with Crippen molar-refractivity contribution in [1.82, 2.24) is 9.88 Å². The first-order chi connectivity index (χ1) is 21.8. The number of ether oxygens (including phenoxy) is 1. The molecule has 0 spiro atoms. The number of methoxy groups -OCH3 is 1. The molecule has 45 heavy (non-hydrogen) atoms. The molecule has 3 aliphatic rings. The van der Waals surface area contributed by atoms with Gasteiger partial charge in [-0.15, -0.1) is 6.58 Å². The molecule has 8 rings (SSSR count). The van der Waals surface area contributed by atoms with Crippen LogP contribution in [-0.2, 0) is 6.42 Å². The van der Waals surface area contributed by atoms with Gasteiger partial charge in [-0.2, -0.15) is 0 Å². The summed E-state index contributed by atoms with van der Waals surface area (Å²) in [7, 11) is 1.67. The van der Waals surface area contributed by atoms with Gasteiger partial charge in [-0.3, -0.25) is 14.5 Å². The molecule has 4 aromatic carbocycles. The molecule has 2 bridgehead atoms. The Morgan fingerprint density at radius 3 is 2.49 bits per heavy atom. The Bertz CT molecular complexity index is 1950. The molecule has 1 aromatic heterocycles. The molecule has 3 fully saturated rings. The van der Waals surface area contributed by atoms with Crippen molar-refractivity contribution in [3.8, 4) is 17.0 Å². The number of nitrogens with zero attached hydrogens (tertiary/aromatic N) is 2. The molecule has 1 N–H and O–H groups in total. The van der Waals surface area contributed by atoms with Crippen LogP contribution in [0.25, 0.3) is 22.2 Å². The zero-order valence-corrected chi connectivity index (χ0v) is 26.2. The molecule has 6 nitrogen and oxygen atoms in total. The number of pyridine rings is 1. The van der Waals surface area contributed by atoms with Gasteiger partial charge >= 0.3 is 0 Å². The number of rotatable bonds is 9. The molecular formula is C39H39N3O3. The van der Waals surface area contributed by atoms with Gasteiger partial charge in [-0.1, -0.05) is 65.7 Å². The molecule has 6 heteroatoms. The number of nitrogens with one attached hydrogen (secondary N) is 1. The van der Waals surface area contributed by atoms with Crippen molar-refractivity contribution in [2.45, 2.75) is 45.2 Å². The smallest absolute Gasteiger partial charge is 0.249 e. The van der Waals surface area contributed by atoms with Gasteiger partial charge in [-0.25, -0.2) is 4.98 Å². The summed E-state index contributed by atoms with van der Waals surface area (Å²) in [5.74, 6) is 1.73. The number of hydrogen-bond acceptors (Lipinski definition) is 6. The van der Waals surface area contributed by atoms with E-state index in [4.69, 9.17) is 9.72 Å².